The second-order valence-electron chi connectivity index (χ2n) is 13.3. The van der Waals surface area contributed by atoms with E-state index in [0.29, 0.717) is 17.5 Å². The molecule has 53 heavy (non-hydrogen) atoms. The maximum absolute atomic E-state index is 6.16. The fourth-order valence-corrected chi connectivity index (χ4v) is 7.16. The van der Waals surface area contributed by atoms with Gasteiger partial charge in [0.05, 0.1) is 0 Å². The van der Waals surface area contributed by atoms with Gasteiger partial charge >= 0.3 is 0 Å². The third-order valence-electron chi connectivity index (χ3n) is 9.90. The van der Waals surface area contributed by atoms with Crippen LogP contribution in [0.5, 0.6) is 0 Å². The first-order chi connectivity index (χ1) is 26.2. The average molecular weight is 678 g/mol. The van der Waals surface area contributed by atoms with Gasteiger partial charge in [-0.2, -0.15) is 0 Å². The molecule has 0 bridgehead atoms. The van der Waals surface area contributed by atoms with Crippen molar-refractivity contribution in [2.75, 3.05) is 0 Å². The van der Waals surface area contributed by atoms with Gasteiger partial charge in [0.15, 0.2) is 17.5 Å². The lowest BCUT2D eigenvalue weighted by atomic mass is 9.96. The Morgan fingerprint density at radius 1 is 0.264 bits per heavy atom. The van der Waals surface area contributed by atoms with Crippen LogP contribution in [0, 0.1) is 0 Å². The second-order valence-corrected chi connectivity index (χ2v) is 13.3. The molecule has 0 saturated carbocycles. The number of hydrogen-bond donors (Lipinski definition) is 0. The molecule has 4 heteroatoms. The molecule has 8 aromatic carbocycles. The Bertz CT molecular complexity index is 2870. The summed E-state index contributed by atoms with van der Waals surface area (Å²) in [4.78, 5) is 15.5. The maximum atomic E-state index is 6.16. The number of hydrogen-bond acceptors (Lipinski definition) is 4. The summed E-state index contributed by atoms with van der Waals surface area (Å²) in [5.74, 6) is 1.82. The van der Waals surface area contributed by atoms with Gasteiger partial charge in [0, 0.05) is 27.5 Å². The van der Waals surface area contributed by atoms with Crippen molar-refractivity contribution in [1.29, 1.82) is 0 Å². The molecule has 2 aromatic heterocycles. The van der Waals surface area contributed by atoms with E-state index in [4.69, 9.17) is 19.4 Å². The van der Waals surface area contributed by atoms with Crippen molar-refractivity contribution in [3.63, 3.8) is 0 Å². The van der Waals surface area contributed by atoms with Crippen LogP contribution in [-0.4, -0.2) is 15.0 Å². The zero-order valence-corrected chi connectivity index (χ0v) is 28.6. The highest BCUT2D eigenvalue weighted by atomic mass is 16.3. The molecule has 248 valence electrons. The highest BCUT2D eigenvalue weighted by Crippen LogP contribution is 2.36. The zero-order chi connectivity index (χ0) is 35.1. The molecule has 2 heterocycles. The van der Waals surface area contributed by atoms with Gasteiger partial charge in [-0.05, 0) is 92.7 Å². The van der Waals surface area contributed by atoms with Gasteiger partial charge in [-0.15, -0.1) is 0 Å². The predicted octanol–water partition coefficient (Wildman–Crippen LogP) is 12.9. The number of fused-ring (bicyclic) bond motifs is 4. The summed E-state index contributed by atoms with van der Waals surface area (Å²) in [7, 11) is 0. The minimum Gasteiger partial charge on any atom is -0.456 e. The zero-order valence-electron chi connectivity index (χ0n) is 28.6. The van der Waals surface area contributed by atoms with Gasteiger partial charge in [0.25, 0.3) is 0 Å². The van der Waals surface area contributed by atoms with Crippen LogP contribution in [0.4, 0.5) is 0 Å². The third-order valence-corrected chi connectivity index (χ3v) is 9.90. The van der Waals surface area contributed by atoms with E-state index in [1.165, 1.54) is 16.3 Å². The number of benzene rings is 8. The lowest BCUT2D eigenvalue weighted by Gasteiger charge is -2.13. The monoisotopic (exact) mass is 677 g/mol. The highest BCUT2D eigenvalue weighted by molar-refractivity contribution is 6.06. The van der Waals surface area contributed by atoms with Crippen LogP contribution in [-0.2, 0) is 0 Å². The van der Waals surface area contributed by atoms with E-state index in [-0.39, 0.29) is 0 Å². The van der Waals surface area contributed by atoms with Crippen molar-refractivity contribution in [3.8, 4) is 67.5 Å². The molecule has 0 radical (unpaired) electrons. The number of furan rings is 1. The number of para-hydroxylation sites is 1. The Balaban J connectivity index is 1.14. The largest absolute Gasteiger partial charge is 0.456 e. The Morgan fingerprint density at radius 2 is 0.755 bits per heavy atom. The van der Waals surface area contributed by atoms with Gasteiger partial charge in [0.2, 0.25) is 0 Å². The smallest absolute Gasteiger partial charge is 0.164 e. The standard InChI is InChI=1S/C49H31N3O/c1-3-11-32(12-4-1)40-28-41(33-13-5-2-6-14-33)30-42(29-40)49-51-47(36-22-19-35(20-23-36)38-24-21-34-15-7-8-16-37(34)27-38)50-48(52-49)39-25-26-46-44(31-39)43-17-9-10-18-45(43)53-46/h1-31H. The van der Waals surface area contributed by atoms with Gasteiger partial charge in [-0.25, -0.2) is 15.0 Å². The molecule has 0 atom stereocenters. The molecule has 10 aromatic rings. The first-order valence-corrected chi connectivity index (χ1v) is 17.8. The average Bonchev–Trinajstić information content (AvgIpc) is 3.62. The summed E-state index contributed by atoms with van der Waals surface area (Å²) in [5, 5.41) is 4.53. The van der Waals surface area contributed by atoms with E-state index < -0.39 is 0 Å². The molecule has 0 saturated heterocycles. The van der Waals surface area contributed by atoms with Gasteiger partial charge in [0.1, 0.15) is 11.2 Å². The normalized spacial score (nSPS) is 11.4. The quantitative estimate of drug-likeness (QED) is 0.176. The first-order valence-electron chi connectivity index (χ1n) is 17.8. The van der Waals surface area contributed by atoms with E-state index in [1.807, 2.05) is 42.5 Å². The van der Waals surface area contributed by atoms with Crippen molar-refractivity contribution in [2.24, 2.45) is 0 Å². The Morgan fingerprint density at radius 3 is 1.47 bits per heavy atom. The minimum absolute atomic E-state index is 0.599. The van der Waals surface area contributed by atoms with Crippen molar-refractivity contribution in [3.05, 3.63) is 188 Å². The molecule has 0 amide bonds. The third kappa shape index (κ3) is 5.82. The van der Waals surface area contributed by atoms with Crippen LogP contribution < -0.4 is 0 Å². The summed E-state index contributed by atoms with van der Waals surface area (Å²) < 4.78 is 6.16. The van der Waals surface area contributed by atoms with E-state index in [0.717, 1.165) is 66.4 Å². The van der Waals surface area contributed by atoms with Crippen molar-refractivity contribution < 1.29 is 4.42 Å². The second kappa shape index (κ2) is 12.9. The summed E-state index contributed by atoms with van der Waals surface area (Å²) in [6, 6.07) is 65.4. The molecular formula is C49H31N3O. The lowest BCUT2D eigenvalue weighted by Crippen LogP contribution is -2.00. The molecule has 0 aliphatic rings. The van der Waals surface area contributed by atoms with E-state index in [9.17, 15) is 0 Å². The Hall–Kier alpha value is -7.17. The molecule has 4 nitrogen and oxygen atoms in total. The Labute approximate surface area is 306 Å². The summed E-state index contributed by atoms with van der Waals surface area (Å²) in [6.45, 7) is 0. The van der Waals surface area contributed by atoms with Crippen molar-refractivity contribution in [2.45, 2.75) is 0 Å². The van der Waals surface area contributed by atoms with Gasteiger partial charge in [-0.3, -0.25) is 0 Å². The first kappa shape index (κ1) is 30.6. The molecule has 10 rings (SSSR count). The van der Waals surface area contributed by atoms with Crippen LogP contribution >= 0.6 is 0 Å². The van der Waals surface area contributed by atoms with E-state index >= 15 is 0 Å². The highest BCUT2D eigenvalue weighted by Gasteiger charge is 2.17. The molecule has 0 aliphatic heterocycles. The topological polar surface area (TPSA) is 51.8 Å². The fraction of sp³-hybridized carbons (Fsp3) is 0. The molecule has 0 N–H and O–H groups in total. The van der Waals surface area contributed by atoms with Crippen molar-refractivity contribution >= 4 is 32.7 Å². The number of nitrogens with zero attached hydrogens (tertiary/aromatic N) is 3. The lowest BCUT2D eigenvalue weighted by molar-refractivity contribution is 0.669. The van der Waals surface area contributed by atoms with Gasteiger partial charge in [-0.1, -0.05) is 140 Å². The Kier molecular flexibility index (Phi) is 7.43. The van der Waals surface area contributed by atoms with Crippen LogP contribution in [0.15, 0.2) is 192 Å². The summed E-state index contributed by atoms with van der Waals surface area (Å²) >= 11 is 0. The van der Waals surface area contributed by atoms with Gasteiger partial charge < -0.3 is 4.42 Å². The maximum Gasteiger partial charge on any atom is 0.164 e. The molecule has 0 fully saturated rings. The van der Waals surface area contributed by atoms with Crippen LogP contribution in [0.2, 0.25) is 0 Å². The molecule has 0 aliphatic carbocycles. The molecular weight excluding hydrogens is 647 g/mol. The number of rotatable bonds is 6. The van der Waals surface area contributed by atoms with E-state index in [2.05, 4.69) is 146 Å². The van der Waals surface area contributed by atoms with E-state index in [1.54, 1.807) is 0 Å². The fourth-order valence-electron chi connectivity index (χ4n) is 7.16. The molecule has 0 spiro atoms. The predicted molar refractivity (Wildman–Crippen MR) is 217 cm³/mol. The number of aromatic nitrogens is 3. The van der Waals surface area contributed by atoms with Crippen LogP contribution in [0.25, 0.3) is 100 Å². The summed E-state index contributed by atoms with van der Waals surface area (Å²) in [6.07, 6.45) is 0. The van der Waals surface area contributed by atoms with Crippen LogP contribution in [0.3, 0.4) is 0 Å². The molecule has 0 unspecified atom stereocenters. The SMILES string of the molecule is c1ccc(-c2cc(-c3ccccc3)cc(-c3nc(-c4ccc(-c5ccc6ccccc6c5)cc4)nc(-c4ccc5oc6ccccc6c5c4)n3)c2)cc1. The van der Waals surface area contributed by atoms with Crippen molar-refractivity contribution in [1.82, 2.24) is 15.0 Å². The summed E-state index contributed by atoms with van der Waals surface area (Å²) in [5.41, 5.74) is 11.1. The van der Waals surface area contributed by atoms with Crippen LogP contribution in [0.1, 0.15) is 0 Å². The minimum atomic E-state index is 0.599.